The minimum atomic E-state index is -0.316. The van der Waals surface area contributed by atoms with Crippen LogP contribution in [-0.4, -0.2) is 23.3 Å². The maximum atomic E-state index is 13.0. The normalized spacial score (nSPS) is 13.3. The molecule has 0 aliphatic carbocycles. The van der Waals surface area contributed by atoms with Crippen LogP contribution in [0.2, 0.25) is 0 Å². The molecule has 7 heteroatoms. The third-order valence-electron chi connectivity index (χ3n) is 4.80. The summed E-state index contributed by atoms with van der Waals surface area (Å²) in [6.45, 7) is 0.405. The molecule has 1 aliphatic heterocycles. The zero-order chi connectivity index (χ0) is 20.2. The molecule has 2 amide bonds. The van der Waals surface area contributed by atoms with Crippen molar-refractivity contribution >= 4 is 17.5 Å². The predicted octanol–water partition coefficient (Wildman–Crippen LogP) is 3.73. The van der Waals surface area contributed by atoms with E-state index in [0.717, 1.165) is 24.1 Å². The number of nitrogens with one attached hydrogen (secondary N) is 2. The van der Waals surface area contributed by atoms with Gasteiger partial charge in [0.25, 0.3) is 5.91 Å². The summed E-state index contributed by atoms with van der Waals surface area (Å²) in [6.07, 6.45) is 4.08. The van der Waals surface area contributed by atoms with E-state index >= 15 is 0 Å². The number of aromatic nitrogens is 1. The lowest BCUT2D eigenvalue weighted by Gasteiger charge is -2.09. The van der Waals surface area contributed by atoms with E-state index in [1.807, 2.05) is 6.07 Å². The zero-order valence-corrected chi connectivity index (χ0v) is 15.7. The van der Waals surface area contributed by atoms with Crippen molar-refractivity contribution in [3.63, 3.8) is 0 Å². The van der Waals surface area contributed by atoms with Gasteiger partial charge in [0.1, 0.15) is 12.1 Å². The Bertz CT molecular complexity index is 1040. The fraction of sp³-hybridized carbons (Fsp3) is 0.227. The molecule has 1 aromatic heterocycles. The standard InChI is InChI=1S/C22H20FN3O3/c23-17-7-4-14(5-8-17)22-25-18(13-29-22)10-11-24-21(28)16-6-9-19-15(12-16)2-1-3-20(27)26-19/h4-9,12-13H,1-3,10-11H2,(H,24,28)(H,26,27). The second-order valence-corrected chi connectivity index (χ2v) is 6.93. The molecule has 2 N–H and O–H groups in total. The van der Waals surface area contributed by atoms with E-state index < -0.39 is 0 Å². The molecular weight excluding hydrogens is 373 g/mol. The molecule has 3 aromatic rings. The average Bonchev–Trinajstić information content (AvgIpc) is 3.10. The van der Waals surface area contributed by atoms with Crippen LogP contribution in [0, 0.1) is 5.82 Å². The van der Waals surface area contributed by atoms with Crippen LogP contribution in [0.1, 0.15) is 34.5 Å². The Balaban J connectivity index is 1.34. The van der Waals surface area contributed by atoms with Crippen LogP contribution in [0.15, 0.2) is 53.1 Å². The third-order valence-corrected chi connectivity index (χ3v) is 4.80. The summed E-state index contributed by atoms with van der Waals surface area (Å²) in [5, 5.41) is 5.74. The van der Waals surface area contributed by atoms with Gasteiger partial charge in [-0.15, -0.1) is 0 Å². The van der Waals surface area contributed by atoms with Crippen molar-refractivity contribution in [3.8, 4) is 11.5 Å². The SMILES string of the molecule is O=C1CCCc2cc(C(=O)NCCc3coc(-c4ccc(F)cc4)n3)ccc2N1. The minimum absolute atomic E-state index is 0.00794. The Morgan fingerprint density at radius 2 is 2.00 bits per heavy atom. The molecule has 1 aliphatic rings. The van der Waals surface area contributed by atoms with Gasteiger partial charge in [-0.25, -0.2) is 9.37 Å². The zero-order valence-electron chi connectivity index (χ0n) is 15.7. The number of rotatable bonds is 5. The van der Waals surface area contributed by atoms with Crippen molar-refractivity contribution in [2.45, 2.75) is 25.7 Å². The highest BCUT2D eigenvalue weighted by atomic mass is 19.1. The minimum Gasteiger partial charge on any atom is -0.444 e. The third kappa shape index (κ3) is 4.51. The van der Waals surface area contributed by atoms with Crippen LogP contribution in [0.25, 0.3) is 11.5 Å². The van der Waals surface area contributed by atoms with E-state index in [-0.39, 0.29) is 17.6 Å². The Kier molecular flexibility index (Phi) is 5.37. The number of amides is 2. The Labute approximate surface area is 167 Å². The quantitative estimate of drug-likeness (QED) is 0.692. The number of nitrogens with zero attached hydrogens (tertiary/aromatic N) is 1. The van der Waals surface area contributed by atoms with Gasteiger partial charge in [-0.1, -0.05) is 0 Å². The first-order valence-electron chi connectivity index (χ1n) is 9.50. The lowest BCUT2D eigenvalue weighted by atomic mass is 10.0. The smallest absolute Gasteiger partial charge is 0.251 e. The molecule has 0 atom stereocenters. The molecule has 0 fully saturated rings. The van der Waals surface area contributed by atoms with Gasteiger partial charge in [0, 0.05) is 36.2 Å². The maximum absolute atomic E-state index is 13.0. The van der Waals surface area contributed by atoms with Gasteiger partial charge in [0.15, 0.2) is 0 Å². The van der Waals surface area contributed by atoms with Crippen molar-refractivity contribution in [3.05, 3.63) is 71.4 Å². The van der Waals surface area contributed by atoms with Gasteiger partial charge in [-0.05, 0) is 60.9 Å². The highest BCUT2D eigenvalue weighted by molar-refractivity contribution is 5.97. The summed E-state index contributed by atoms with van der Waals surface area (Å²) in [7, 11) is 0. The van der Waals surface area contributed by atoms with Gasteiger partial charge in [0.05, 0.1) is 5.69 Å². The molecule has 2 aromatic carbocycles. The first kappa shape index (κ1) is 18.9. The Morgan fingerprint density at radius 3 is 2.83 bits per heavy atom. The molecule has 0 saturated heterocycles. The highest BCUT2D eigenvalue weighted by Gasteiger charge is 2.15. The van der Waals surface area contributed by atoms with Crippen LogP contribution in [0.4, 0.5) is 10.1 Å². The second-order valence-electron chi connectivity index (χ2n) is 6.93. The van der Waals surface area contributed by atoms with E-state index in [1.54, 1.807) is 24.3 Å². The van der Waals surface area contributed by atoms with E-state index in [9.17, 15) is 14.0 Å². The summed E-state index contributed by atoms with van der Waals surface area (Å²) in [5.74, 6) is -0.0678. The Hall–Kier alpha value is -3.48. The molecule has 0 unspecified atom stereocenters. The number of aryl methyl sites for hydroxylation is 1. The van der Waals surface area contributed by atoms with Gasteiger partial charge in [-0.3, -0.25) is 9.59 Å². The molecule has 148 valence electrons. The number of fused-ring (bicyclic) bond motifs is 1. The van der Waals surface area contributed by atoms with Crippen LogP contribution in [-0.2, 0) is 17.6 Å². The van der Waals surface area contributed by atoms with Crippen molar-refractivity contribution in [1.82, 2.24) is 10.3 Å². The second kappa shape index (κ2) is 8.26. The van der Waals surface area contributed by atoms with Gasteiger partial charge < -0.3 is 15.1 Å². The summed E-state index contributed by atoms with van der Waals surface area (Å²) in [4.78, 5) is 28.5. The van der Waals surface area contributed by atoms with Gasteiger partial charge >= 0.3 is 0 Å². The van der Waals surface area contributed by atoms with Crippen molar-refractivity contribution in [2.75, 3.05) is 11.9 Å². The first-order chi connectivity index (χ1) is 14.1. The topological polar surface area (TPSA) is 84.2 Å². The molecule has 29 heavy (non-hydrogen) atoms. The van der Waals surface area contributed by atoms with Gasteiger partial charge in [-0.2, -0.15) is 0 Å². The van der Waals surface area contributed by atoms with E-state index in [4.69, 9.17) is 4.42 Å². The number of hydrogen-bond donors (Lipinski definition) is 2. The number of carbonyl (C=O) groups excluding carboxylic acids is 2. The molecule has 0 bridgehead atoms. The number of anilines is 1. The summed E-state index contributed by atoms with van der Waals surface area (Å²) >= 11 is 0. The number of halogens is 1. The molecule has 0 radical (unpaired) electrons. The summed E-state index contributed by atoms with van der Waals surface area (Å²) in [5.41, 5.74) is 3.71. The van der Waals surface area contributed by atoms with Crippen LogP contribution in [0.5, 0.6) is 0 Å². The number of oxazole rings is 1. The highest BCUT2D eigenvalue weighted by Crippen LogP contribution is 2.23. The Morgan fingerprint density at radius 1 is 1.17 bits per heavy atom. The predicted molar refractivity (Wildman–Crippen MR) is 106 cm³/mol. The maximum Gasteiger partial charge on any atom is 0.251 e. The largest absolute Gasteiger partial charge is 0.444 e. The van der Waals surface area contributed by atoms with Crippen LogP contribution >= 0.6 is 0 Å². The number of carbonyl (C=O) groups is 2. The molecule has 0 saturated carbocycles. The fourth-order valence-corrected chi connectivity index (χ4v) is 3.27. The van der Waals surface area contributed by atoms with Crippen LogP contribution in [0.3, 0.4) is 0 Å². The van der Waals surface area contributed by atoms with E-state index in [2.05, 4.69) is 15.6 Å². The number of hydrogen-bond acceptors (Lipinski definition) is 4. The van der Waals surface area contributed by atoms with Gasteiger partial charge in [0.2, 0.25) is 11.8 Å². The van der Waals surface area contributed by atoms with Crippen LogP contribution < -0.4 is 10.6 Å². The molecule has 6 nitrogen and oxygen atoms in total. The monoisotopic (exact) mass is 393 g/mol. The lowest BCUT2D eigenvalue weighted by Crippen LogP contribution is -2.26. The van der Waals surface area contributed by atoms with E-state index in [1.165, 1.54) is 18.4 Å². The van der Waals surface area contributed by atoms with Crippen molar-refractivity contribution < 1.29 is 18.4 Å². The molecular formula is C22H20FN3O3. The first-order valence-corrected chi connectivity index (χ1v) is 9.50. The molecule has 0 spiro atoms. The molecule has 4 rings (SSSR count). The molecule has 2 heterocycles. The average molecular weight is 393 g/mol. The summed E-state index contributed by atoms with van der Waals surface area (Å²) < 4.78 is 18.4. The van der Waals surface area contributed by atoms with E-state index in [0.29, 0.717) is 42.1 Å². The number of benzene rings is 2. The summed E-state index contributed by atoms with van der Waals surface area (Å²) in [6, 6.07) is 11.2. The van der Waals surface area contributed by atoms with Crippen molar-refractivity contribution in [2.24, 2.45) is 0 Å². The lowest BCUT2D eigenvalue weighted by molar-refractivity contribution is -0.116. The fourth-order valence-electron chi connectivity index (χ4n) is 3.27. The van der Waals surface area contributed by atoms with Crippen molar-refractivity contribution in [1.29, 1.82) is 0 Å².